The number of para-hydroxylation sites is 1. The van der Waals surface area contributed by atoms with Gasteiger partial charge in [0.1, 0.15) is 5.82 Å². The van der Waals surface area contributed by atoms with E-state index < -0.39 is 0 Å². The van der Waals surface area contributed by atoms with Crippen LogP contribution in [0.25, 0.3) is 17.2 Å². The van der Waals surface area contributed by atoms with Crippen LogP contribution in [0.2, 0.25) is 5.02 Å². The molecule has 0 saturated carbocycles. The van der Waals surface area contributed by atoms with Crippen molar-refractivity contribution in [3.05, 3.63) is 94.9 Å². The molecule has 0 aromatic heterocycles. The van der Waals surface area contributed by atoms with Crippen LogP contribution >= 0.6 is 11.6 Å². The number of anilines is 2. The summed E-state index contributed by atoms with van der Waals surface area (Å²) in [5.74, 6) is -0.305. The minimum Gasteiger partial charge on any atom is -0.342 e. The number of halogens is 2. The Hall–Kier alpha value is -2.80. The lowest BCUT2D eigenvalue weighted by Gasteiger charge is -2.26. The van der Waals surface area contributed by atoms with E-state index >= 15 is 0 Å². The third-order valence-corrected chi connectivity index (χ3v) is 5.79. The molecular weight excluding hydrogens is 513 g/mol. The average molecular weight is 570 g/mol. The van der Waals surface area contributed by atoms with Gasteiger partial charge in [0, 0.05) is 29.0 Å². The molecule has 3 aromatic rings. The van der Waals surface area contributed by atoms with E-state index in [-0.39, 0.29) is 13.2 Å². The van der Waals surface area contributed by atoms with Gasteiger partial charge in [0.2, 0.25) is 0 Å². The lowest BCUT2D eigenvalue weighted by atomic mass is 9.99. The fourth-order valence-electron chi connectivity index (χ4n) is 3.71. The minimum atomic E-state index is -0.305. The number of benzene rings is 3. The smallest absolute Gasteiger partial charge is 0.131 e. The fourth-order valence-corrected chi connectivity index (χ4v) is 3.98. The number of aryl methyl sites for hydroxylation is 1. The van der Waals surface area contributed by atoms with Gasteiger partial charge in [-0.3, -0.25) is 0 Å². The van der Waals surface area contributed by atoms with Crippen LogP contribution in [0.5, 0.6) is 0 Å². The van der Waals surface area contributed by atoms with Crippen LogP contribution in [-0.4, -0.2) is 6.54 Å². The summed E-state index contributed by atoms with van der Waals surface area (Å²) in [6.45, 7) is 25.0. The van der Waals surface area contributed by atoms with Crippen molar-refractivity contribution in [3.8, 4) is 11.1 Å². The lowest BCUT2D eigenvalue weighted by Crippen LogP contribution is -2.17. The molecule has 0 aliphatic carbocycles. The summed E-state index contributed by atoms with van der Waals surface area (Å²) in [6, 6.07) is 19.2. The van der Waals surface area contributed by atoms with Gasteiger partial charge < -0.3 is 4.90 Å². The zero-order valence-corrected chi connectivity index (χ0v) is 27.1. The van der Waals surface area contributed by atoms with Gasteiger partial charge in [-0.15, -0.1) is 5.73 Å². The van der Waals surface area contributed by atoms with Crippen molar-refractivity contribution >= 4 is 29.1 Å². The molecule has 1 nitrogen and oxygen atoms in total. The number of nitrogens with zero attached hydrogens (tertiary/aromatic N) is 1. The Balaban J connectivity index is -0.000000909. The van der Waals surface area contributed by atoms with E-state index in [2.05, 4.69) is 63.1 Å². The minimum absolute atomic E-state index is 0. The van der Waals surface area contributed by atoms with Crippen molar-refractivity contribution in [2.75, 3.05) is 11.4 Å². The lowest BCUT2D eigenvalue weighted by molar-refractivity contribution is 0.625. The second-order valence-electron chi connectivity index (χ2n) is 7.99. The van der Waals surface area contributed by atoms with Crippen molar-refractivity contribution < 1.29 is 4.39 Å². The molecule has 0 heterocycles. The van der Waals surface area contributed by atoms with Crippen LogP contribution in [-0.2, 0) is 0 Å². The second-order valence-corrected chi connectivity index (χ2v) is 8.40. The predicted octanol–water partition coefficient (Wildman–Crippen LogP) is 13.7. The van der Waals surface area contributed by atoms with Crippen molar-refractivity contribution in [2.24, 2.45) is 0 Å². The van der Waals surface area contributed by atoms with E-state index in [1.165, 1.54) is 37.8 Å². The van der Waals surface area contributed by atoms with E-state index in [4.69, 9.17) is 11.6 Å². The Bertz CT molecular complexity index is 1070. The number of hydrogen-bond acceptors (Lipinski definition) is 1. The van der Waals surface area contributed by atoms with E-state index in [1.54, 1.807) is 12.1 Å². The van der Waals surface area contributed by atoms with Crippen molar-refractivity contribution in [1.29, 1.82) is 0 Å². The average Bonchev–Trinajstić information content (AvgIpc) is 2.99. The zero-order chi connectivity index (χ0) is 30.2. The van der Waals surface area contributed by atoms with Gasteiger partial charge in [-0.25, -0.2) is 4.39 Å². The van der Waals surface area contributed by atoms with E-state index in [1.807, 2.05) is 65.8 Å². The molecule has 0 unspecified atom stereocenters. The molecule has 0 spiro atoms. The number of hydrogen-bond donors (Lipinski definition) is 0. The maximum absolute atomic E-state index is 13.9. The summed E-state index contributed by atoms with van der Waals surface area (Å²) < 4.78 is 13.9. The highest BCUT2D eigenvalue weighted by atomic mass is 35.5. The third-order valence-electron chi connectivity index (χ3n) is 5.48. The summed E-state index contributed by atoms with van der Waals surface area (Å²) in [4.78, 5) is 2.22. The molecule has 0 fully saturated rings. The summed E-state index contributed by atoms with van der Waals surface area (Å²) in [7, 11) is 0. The molecule has 3 rings (SSSR count). The molecule has 224 valence electrons. The molecule has 3 heteroatoms. The van der Waals surface area contributed by atoms with Crippen LogP contribution in [0.15, 0.2) is 73.0 Å². The largest absolute Gasteiger partial charge is 0.342 e. The van der Waals surface area contributed by atoms with E-state index in [0.29, 0.717) is 10.6 Å². The van der Waals surface area contributed by atoms with Crippen LogP contribution in [0.3, 0.4) is 0 Å². The molecule has 0 amide bonds. The molecular formula is C37H57ClFN. The first kappa shape index (κ1) is 41.7. The molecule has 0 N–H and O–H groups in total. The summed E-state index contributed by atoms with van der Waals surface area (Å²) in [6.07, 6.45) is 7.07. The SMILES string of the molecule is C.C=C=Cc1cc(-c2cc(C)c(N(CC)c3ccccc3)cc2Cl)ccc1F.CC.CC.CC.CCCCCC. The van der Waals surface area contributed by atoms with Crippen molar-refractivity contribution in [1.82, 2.24) is 0 Å². The van der Waals surface area contributed by atoms with Gasteiger partial charge in [0.15, 0.2) is 0 Å². The molecule has 40 heavy (non-hydrogen) atoms. The maximum Gasteiger partial charge on any atom is 0.131 e. The van der Waals surface area contributed by atoms with Crippen molar-refractivity contribution in [2.45, 2.75) is 102 Å². The molecule has 0 radical (unpaired) electrons. The Morgan fingerprint density at radius 3 is 1.88 bits per heavy atom. The Morgan fingerprint density at radius 2 is 1.40 bits per heavy atom. The Kier molecular flexibility index (Phi) is 27.5. The van der Waals surface area contributed by atoms with Crippen LogP contribution in [0.4, 0.5) is 15.8 Å². The standard InChI is InChI=1S/C24H21ClFN.C6H14.3C2H6.CH4/c1-4-9-19-15-18(12-13-23(19)26)21-14-17(3)24(16-22(21)25)27(5-2)20-10-7-6-8-11-20;1-3-5-6-4-2;3*1-2;/h6-16H,1,5H2,2-3H3;3-6H2,1-2H3;3*1-2H3;1H4. The highest BCUT2D eigenvalue weighted by molar-refractivity contribution is 6.33. The molecule has 0 bridgehead atoms. The molecule has 0 saturated heterocycles. The van der Waals surface area contributed by atoms with Gasteiger partial charge in [-0.05, 0) is 67.4 Å². The summed E-state index contributed by atoms with van der Waals surface area (Å²) >= 11 is 6.64. The highest BCUT2D eigenvalue weighted by Crippen LogP contribution is 2.37. The second kappa shape index (κ2) is 26.4. The molecule has 0 aliphatic rings. The first-order valence-electron chi connectivity index (χ1n) is 14.7. The molecule has 3 aromatic carbocycles. The quantitative estimate of drug-likeness (QED) is 0.192. The molecule has 0 atom stereocenters. The van der Waals surface area contributed by atoms with Gasteiger partial charge in [-0.1, -0.05) is 131 Å². The normalized spacial score (nSPS) is 8.80. The number of rotatable bonds is 8. The first-order chi connectivity index (χ1) is 19.0. The number of unbranched alkanes of at least 4 members (excludes halogenated alkanes) is 3. The summed E-state index contributed by atoms with van der Waals surface area (Å²) in [5.41, 5.74) is 8.09. The zero-order valence-electron chi connectivity index (χ0n) is 26.3. The van der Waals surface area contributed by atoms with Crippen molar-refractivity contribution in [3.63, 3.8) is 0 Å². The van der Waals surface area contributed by atoms with Gasteiger partial charge >= 0.3 is 0 Å². The van der Waals surface area contributed by atoms with Crippen LogP contribution in [0, 0.1) is 12.7 Å². The highest BCUT2D eigenvalue weighted by Gasteiger charge is 2.14. The van der Waals surface area contributed by atoms with E-state index in [9.17, 15) is 4.39 Å². The maximum atomic E-state index is 13.9. The summed E-state index contributed by atoms with van der Waals surface area (Å²) in [5, 5.41) is 0.630. The fraction of sp³-hybridized carbons (Fsp3) is 0.432. The first-order valence-corrected chi connectivity index (χ1v) is 15.1. The van der Waals surface area contributed by atoms with Gasteiger partial charge in [0.25, 0.3) is 0 Å². The van der Waals surface area contributed by atoms with E-state index in [0.717, 1.165) is 34.6 Å². The van der Waals surface area contributed by atoms with Gasteiger partial charge in [-0.2, -0.15) is 0 Å². The monoisotopic (exact) mass is 569 g/mol. The molecule has 0 aliphatic heterocycles. The third kappa shape index (κ3) is 14.0. The Labute approximate surface area is 252 Å². The topological polar surface area (TPSA) is 3.24 Å². The Morgan fingerprint density at radius 1 is 0.850 bits per heavy atom. The predicted molar refractivity (Wildman–Crippen MR) is 185 cm³/mol. The van der Waals surface area contributed by atoms with Gasteiger partial charge in [0.05, 0.1) is 5.02 Å². The van der Waals surface area contributed by atoms with Crippen LogP contribution in [0.1, 0.15) is 107 Å². The van der Waals surface area contributed by atoms with Crippen LogP contribution < -0.4 is 4.90 Å².